The zero-order valence-electron chi connectivity index (χ0n) is 9.37. The average molecular weight is 275 g/mol. The van der Waals surface area contributed by atoms with Crippen LogP contribution in [0.25, 0.3) is 0 Å². The third kappa shape index (κ3) is 3.06. The minimum absolute atomic E-state index is 0.0853. The number of hydrogen-bond donors (Lipinski definition) is 0. The van der Waals surface area contributed by atoms with E-state index in [0.29, 0.717) is 0 Å². The Labute approximate surface area is 97.7 Å². The van der Waals surface area contributed by atoms with E-state index in [-0.39, 0.29) is 18.6 Å². The van der Waals surface area contributed by atoms with E-state index in [9.17, 15) is 4.79 Å². The summed E-state index contributed by atoms with van der Waals surface area (Å²) in [6.07, 6.45) is -0.0853. The summed E-state index contributed by atoms with van der Waals surface area (Å²) in [6, 6.07) is 0. The normalized spacial score (nSPS) is 10.8. The number of carbonyl (C=O) groups excluding carboxylic acids is 1. The largest absolute Gasteiger partial charge is 0.462 e. The lowest BCUT2D eigenvalue weighted by Crippen LogP contribution is -2.19. The maximum Gasteiger partial charge on any atom is 0.328 e. The van der Waals surface area contributed by atoms with Crippen LogP contribution in [0.5, 0.6) is 0 Å². The van der Waals surface area contributed by atoms with E-state index in [1.807, 2.05) is 27.7 Å². The third-order valence-electron chi connectivity index (χ3n) is 1.94. The zero-order chi connectivity index (χ0) is 11.6. The highest BCUT2D eigenvalue weighted by Crippen LogP contribution is 2.19. The predicted molar refractivity (Wildman–Crippen MR) is 60.6 cm³/mol. The van der Waals surface area contributed by atoms with Crippen molar-refractivity contribution in [3.05, 3.63) is 15.9 Å². The number of aryl methyl sites for hydroxylation is 1. The number of ether oxygens (including phenoxy) is 1. The Morgan fingerprint density at radius 3 is 2.53 bits per heavy atom. The van der Waals surface area contributed by atoms with Gasteiger partial charge in [-0.25, -0.2) is 0 Å². The molecule has 0 aliphatic rings. The maximum atomic E-state index is 11.4. The molecule has 1 rings (SSSR count). The third-order valence-corrected chi connectivity index (χ3v) is 3.09. The number of nitrogens with zero attached hydrogens (tertiary/aromatic N) is 2. The molecule has 1 aromatic heterocycles. The molecule has 0 aliphatic carbocycles. The predicted octanol–water partition coefficient (Wildman–Crippen LogP) is 2.21. The van der Waals surface area contributed by atoms with Gasteiger partial charge in [0.2, 0.25) is 0 Å². The fourth-order valence-electron chi connectivity index (χ4n) is 1.25. The molecule has 0 aliphatic heterocycles. The number of rotatable bonds is 3. The van der Waals surface area contributed by atoms with Crippen molar-refractivity contribution in [2.24, 2.45) is 0 Å². The Bertz CT molecular complexity index is 372. The summed E-state index contributed by atoms with van der Waals surface area (Å²) in [7, 11) is 0. The topological polar surface area (TPSA) is 44.1 Å². The van der Waals surface area contributed by atoms with Crippen LogP contribution in [-0.4, -0.2) is 21.9 Å². The van der Waals surface area contributed by atoms with E-state index in [1.54, 1.807) is 4.68 Å². The molecule has 1 heterocycles. The van der Waals surface area contributed by atoms with Gasteiger partial charge < -0.3 is 4.74 Å². The minimum atomic E-state index is -0.261. The van der Waals surface area contributed by atoms with Gasteiger partial charge in [-0.1, -0.05) is 0 Å². The lowest BCUT2D eigenvalue weighted by Gasteiger charge is -2.08. The first-order valence-corrected chi connectivity index (χ1v) is 5.60. The number of carbonyl (C=O) groups is 1. The summed E-state index contributed by atoms with van der Waals surface area (Å²) in [5.41, 5.74) is 1.82. The van der Waals surface area contributed by atoms with Gasteiger partial charge in [-0.2, -0.15) is 5.10 Å². The molecule has 0 amide bonds. The molecule has 84 valence electrons. The first-order chi connectivity index (χ1) is 6.91. The van der Waals surface area contributed by atoms with Crippen LogP contribution in [0.4, 0.5) is 0 Å². The van der Waals surface area contributed by atoms with Crippen molar-refractivity contribution in [3.8, 4) is 0 Å². The van der Waals surface area contributed by atoms with Crippen molar-refractivity contribution in [2.45, 2.75) is 40.3 Å². The van der Waals surface area contributed by atoms with E-state index in [0.717, 1.165) is 15.9 Å². The quantitative estimate of drug-likeness (QED) is 0.794. The first-order valence-electron chi connectivity index (χ1n) is 4.80. The van der Waals surface area contributed by atoms with Gasteiger partial charge in [0, 0.05) is 0 Å². The number of halogens is 1. The molecule has 0 aromatic carbocycles. The Hall–Kier alpha value is -0.840. The maximum absolute atomic E-state index is 11.4. The molecule has 0 saturated carbocycles. The Balaban J connectivity index is 2.73. The van der Waals surface area contributed by atoms with Gasteiger partial charge in [0.25, 0.3) is 0 Å². The Kier molecular flexibility index (Phi) is 3.90. The number of aromatic nitrogens is 2. The van der Waals surface area contributed by atoms with Crippen LogP contribution in [0, 0.1) is 13.8 Å². The molecule has 0 N–H and O–H groups in total. The summed E-state index contributed by atoms with van der Waals surface area (Å²) >= 11 is 3.41. The first kappa shape index (κ1) is 12.2. The van der Waals surface area contributed by atoms with Crippen molar-refractivity contribution >= 4 is 21.9 Å². The second-order valence-electron chi connectivity index (χ2n) is 3.68. The van der Waals surface area contributed by atoms with Crippen LogP contribution in [0.15, 0.2) is 4.47 Å². The van der Waals surface area contributed by atoms with Crippen LogP contribution in [-0.2, 0) is 16.1 Å². The molecule has 0 bridgehead atoms. The molecule has 1 aromatic rings. The lowest BCUT2D eigenvalue weighted by molar-refractivity contribution is -0.148. The van der Waals surface area contributed by atoms with Crippen LogP contribution < -0.4 is 0 Å². The summed E-state index contributed by atoms with van der Waals surface area (Å²) in [5, 5.41) is 4.23. The fraction of sp³-hybridized carbons (Fsp3) is 0.600. The summed E-state index contributed by atoms with van der Waals surface area (Å²) < 4.78 is 7.63. The van der Waals surface area contributed by atoms with E-state index in [2.05, 4.69) is 21.0 Å². The Morgan fingerprint density at radius 2 is 2.13 bits per heavy atom. The van der Waals surface area contributed by atoms with Crippen LogP contribution >= 0.6 is 15.9 Å². The van der Waals surface area contributed by atoms with E-state index in [4.69, 9.17) is 4.74 Å². The van der Waals surface area contributed by atoms with Crippen molar-refractivity contribution in [1.82, 2.24) is 9.78 Å². The number of esters is 1. The summed E-state index contributed by atoms with van der Waals surface area (Å²) in [4.78, 5) is 11.4. The molecule has 4 nitrogen and oxygen atoms in total. The van der Waals surface area contributed by atoms with Crippen LogP contribution in [0.2, 0.25) is 0 Å². The highest BCUT2D eigenvalue weighted by Gasteiger charge is 2.13. The molecule has 5 heteroatoms. The second-order valence-corrected chi connectivity index (χ2v) is 4.47. The van der Waals surface area contributed by atoms with Gasteiger partial charge >= 0.3 is 5.97 Å². The SMILES string of the molecule is Cc1nn(CC(=O)OC(C)C)c(C)c1Br. The van der Waals surface area contributed by atoms with Crippen LogP contribution in [0.1, 0.15) is 25.2 Å². The zero-order valence-corrected chi connectivity index (χ0v) is 11.0. The van der Waals surface area contributed by atoms with Crippen molar-refractivity contribution < 1.29 is 9.53 Å². The van der Waals surface area contributed by atoms with Gasteiger partial charge in [-0.15, -0.1) is 0 Å². The average Bonchev–Trinajstić information content (AvgIpc) is 2.32. The molecule has 0 spiro atoms. The molecule has 0 saturated heterocycles. The highest BCUT2D eigenvalue weighted by atomic mass is 79.9. The molecular formula is C10H15BrN2O2. The van der Waals surface area contributed by atoms with Crippen molar-refractivity contribution in [2.75, 3.05) is 0 Å². The fourth-order valence-corrected chi connectivity index (χ4v) is 1.54. The molecular weight excluding hydrogens is 260 g/mol. The standard InChI is InChI=1S/C10H15BrN2O2/c1-6(2)15-9(14)5-13-8(4)10(11)7(3)12-13/h6H,5H2,1-4H3. The molecule has 0 radical (unpaired) electrons. The Morgan fingerprint density at radius 1 is 1.53 bits per heavy atom. The molecule has 0 atom stereocenters. The molecule has 0 unspecified atom stereocenters. The van der Waals surface area contributed by atoms with E-state index < -0.39 is 0 Å². The summed E-state index contributed by atoms with van der Waals surface area (Å²) in [6.45, 7) is 7.62. The van der Waals surface area contributed by atoms with Gasteiger partial charge in [0.1, 0.15) is 6.54 Å². The highest BCUT2D eigenvalue weighted by molar-refractivity contribution is 9.10. The van der Waals surface area contributed by atoms with Crippen molar-refractivity contribution in [1.29, 1.82) is 0 Å². The smallest absolute Gasteiger partial charge is 0.328 e. The van der Waals surface area contributed by atoms with Crippen molar-refractivity contribution in [3.63, 3.8) is 0 Å². The van der Waals surface area contributed by atoms with Crippen LogP contribution in [0.3, 0.4) is 0 Å². The second kappa shape index (κ2) is 4.79. The van der Waals surface area contributed by atoms with Gasteiger partial charge in [-0.3, -0.25) is 9.48 Å². The van der Waals surface area contributed by atoms with Gasteiger partial charge in [0.15, 0.2) is 0 Å². The molecule has 0 fully saturated rings. The lowest BCUT2D eigenvalue weighted by atomic mass is 10.4. The minimum Gasteiger partial charge on any atom is -0.462 e. The van der Waals surface area contributed by atoms with Gasteiger partial charge in [-0.05, 0) is 43.6 Å². The monoisotopic (exact) mass is 274 g/mol. The summed E-state index contributed by atoms with van der Waals surface area (Å²) in [5.74, 6) is -0.261. The molecule has 15 heavy (non-hydrogen) atoms. The number of hydrogen-bond acceptors (Lipinski definition) is 3. The van der Waals surface area contributed by atoms with Gasteiger partial charge in [0.05, 0.1) is 22.0 Å². The van der Waals surface area contributed by atoms with E-state index >= 15 is 0 Å². The van der Waals surface area contributed by atoms with E-state index in [1.165, 1.54) is 0 Å².